The van der Waals surface area contributed by atoms with E-state index in [4.69, 9.17) is 0 Å². The van der Waals surface area contributed by atoms with Crippen molar-refractivity contribution < 1.29 is 8.42 Å². The lowest BCUT2D eigenvalue weighted by Crippen LogP contribution is -2.10. The highest BCUT2D eigenvalue weighted by molar-refractivity contribution is 7.91. The number of thiophene rings is 1. The van der Waals surface area contributed by atoms with Crippen LogP contribution in [0.25, 0.3) is 10.2 Å². The summed E-state index contributed by atoms with van der Waals surface area (Å²) >= 11 is 1.40. The van der Waals surface area contributed by atoms with E-state index in [-0.39, 0.29) is 10.9 Å². The zero-order valence-electron chi connectivity index (χ0n) is 8.89. The van der Waals surface area contributed by atoms with Gasteiger partial charge in [0.2, 0.25) is 15.0 Å². The maximum Gasteiger partial charge on any atom is 0.250 e. The molecular formula is C9H11N3O2S2. The minimum atomic E-state index is -3.36. The third-order valence-electron chi connectivity index (χ3n) is 2.20. The molecule has 1 N–H and O–H groups in total. The predicted octanol–water partition coefficient (Wildman–Crippen LogP) is 1.53. The number of rotatable bonds is 3. The predicted molar refractivity (Wildman–Crippen MR) is 64.7 cm³/mol. The standard InChI is InChI=1S/C9H11N3O2S2/c1-3-16(13,14)9-11-7(10-2)6-4-5-15-8(6)12-9/h4-5H,3H2,1-2H3,(H,10,11,12). The molecule has 86 valence electrons. The zero-order valence-corrected chi connectivity index (χ0v) is 10.5. The molecule has 16 heavy (non-hydrogen) atoms. The van der Waals surface area contributed by atoms with E-state index >= 15 is 0 Å². The fraction of sp³-hybridized carbons (Fsp3) is 0.333. The molecule has 2 aromatic rings. The van der Waals surface area contributed by atoms with E-state index in [1.54, 1.807) is 14.0 Å². The van der Waals surface area contributed by atoms with E-state index in [1.165, 1.54) is 11.3 Å². The van der Waals surface area contributed by atoms with Crippen molar-refractivity contribution in [1.82, 2.24) is 9.97 Å². The smallest absolute Gasteiger partial charge is 0.250 e. The highest BCUT2D eigenvalue weighted by Crippen LogP contribution is 2.26. The molecule has 5 nitrogen and oxygen atoms in total. The molecule has 0 aliphatic heterocycles. The van der Waals surface area contributed by atoms with Crippen molar-refractivity contribution in [2.75, 3.05) is 18.1 Å². The Kier molecular flexibility index (Phi) is 2.81. The minimum Gasteiger partial charge on any atom is -0.372 e. The van der Waals surface area contributed by atoms with Gasteiger partial charge in [0.1, 0.15) is 10.6 Å². The number of aromatic nitrogens is 2. The van der Waals surface area contributed by atoms with E-state index in [9.17, 15) is 8.42 Å². The highest BCUT2D eigenvalue weighted by Gasteiger charge is 2.18. The molecule has 0 saturated heterocycles. The van der Waals surface area contributed by atoms with Gasteiger partial charge in [-0.15, -0.1) is 11.3 Å². The van der Waals surface area contributed by atoms with Crippen LogP contribution in [0, 0.1) is 0 Å². The number of fused-ring (bicyclic) bond motifs is 1. The van der Waals surface area contributed by atoms with E-state index in [1.807, 2.05) is 11.4 Å². The average Bonchev–Trinajstić information content (AvgIpc) is 2.75. The van der Waals surface area contributed by atoms with Crippen LogP contribution in [-0.2, 0) is 9.84 Å². The molecule has 0 spiro atoms. The second-order valence-electron chi connectivity index (χ2n) is 3.15. The van der Waals surface area contributed by atoms with Crippen LogP contribution in [0.4, 0.5) is 5.82 Å². The molecule has 2 aromatic heterocycles. The molecular weight excluding hydrogens is 246 g/mol. The van der Waals surface area contributed by atoms with Gasteiger partial charge in [0.05, 0.1) is 11.1 Å². The Morgan fingerprint density at radius 1 is 1.44 bits per heavy atom. The molecule has 0 amide bonds. The van der Waals surface area contributed by atoms with Crippen LogP contribution >= 0.6 is 11.3 Å². The molecule has 0 radical (unpaired) electrons. The molecule has 0 aromatic carbocycles. The first-order chi connectivity index (χ1) is 7.58. The van der Waals surface area contributed by atoms with Crippen LogP contribution in [0.15, 0.2) is 16.6 Å². The first-order valence-electron chi connectivity index (χ1n) is 4.74. The lowest BCUT2D eigenvalue weighted by atomic mass is 10.4. The van der Waals surface area contributed by atoms with Crippen molar-refractivity contribution in [1.29, 1.82) is 0 Å². The van der Waals surface area contributed by atoms with E-state index in [0.29, 0.717) is 10.6 Å². The Labute approximate surface area is 97.5 Å². The molecule has 0 unspecified atom stereocenters. The summed E-state index contributed by atoms with van der Waals surface area (Å²) in [7, 11) is -1.65. The molecule has 0 aliphatic rings. The maximum absolute atomic E-state index is 11.7. The Balaban J connectivity index is 2.74. The molecule has 2 rings (SSSR count). The third kappa shape index (κ3) is 1.76. The van der Waals surface area contributed by atoms with Gasteiger partial charge in [-0.05, 0) is 11.4 Å². The van der Waals surface area contributed by atoms with Gasteiger partial charge in [-0.3, -0.25) is 0 Å². The SMILES string of the molecule is CCS(=O)(=O)c1nc(NC)c2ccsc2n1. The summed E-state index contributed by atoms with van der Waals surface area (Å²) < 4.78 is 23.4. The minimum absolute atomic E-state index is 0.00698. The van der Waals surface area contributed by atoms with Gasteiger partial charge in [0.25, 0.3) is 0 Å². The Morgan fingerprint density at radius 3 is 2.81 bits per heavy atom. The van der Waals surface area contributed by atoms with Crippen LogP contribution in [0.3, 0.4) is 0 Å². The van der Waals surface area contributed by atoms with Crippen molar-refractivity contribution in [3.8, 4) is 0 Å². The van der Waals surface area contributed by atoms with Crippen LogP contribution in [0.1, 0.15) is 6.92 Å². The molecule has 2 heterocycles. The van der Waals surface area contributed by atoms with Crippen LogP contribution in [0.2, 0.25) is 0 Å². The average molecular weight is 257 g/mol. The highest BCUT2D eigenvalue weighted by atomic mass is 32.2. The molecule has 0 atom stereocenters. The van der Waals surface area contributed by atoms with Gasteiger partial charge in [-0.1, -0.05) is 6.92 Å². The van der Waals surface area contributed by atoms with Gasteiger partial charge in [-0.2, -0.15) is 0 Å². The molecule has 0 bridgehead atoms. The quantitative estimate of drug-likeness (QED) is 0.844. The summed E-state index contributed by atoms with van der Waals surface area (Å²) in [6.07, 6.45) is 0. The van der Waals surface area contributed by atoms with Gasteiger partial charge >= 0.3 is 0 Å². The van der Waals surface area contributed by atoms with Gasteiger partial charge in [-0.25, -0.2) is 18.4 Å². The lowest BCUT2D eigenvalue weighted by Gasteiger charge is -2.04. The van der Waals surface area contributed by atoms with E-state index in [2.05, 4.69) is 15.3 Å². The van der Waals surface area contributed by atoms with E-state index in [0.717, 1.165) is 5.39 Å². The number of hydrogen-bond acceptors (Lipinski definition) is 6. The van der Waals surface area contributed by atoms with E-state index < -0.39 is 9.84 Å². The Morgan fingerprint density at radius 2 is 2.19 bits per heavy atom. The fourth-order valence-corrected chi connectivity index (χ4v) is 2.84. The van der Waals surface area contributed by atoms with Crippen molar-refractivity contribution in [3.63, 3.8) is 0 Å². The number of hydrogen-bond donors (Lipinski definition) is 1. The molecule has 0 fully saturated rings. The topological polar surface area (TPSA) is 72.0 Å². The van der Waals surface area contributed by atoms with Crippen molar-refractivity contribution in [2.24, 2.45) is 0 Å². The van der Waals surface area contributed by atoms with Gasteiger partial charge in [0.15, 0.2) is 0 Å². The first kappa shape index (κ1) is 11.3. The number of nitrogens with one attached hydrogen (secondary N) is 1. The second kappa shape index (κ2) is 3.99. The number of sulfone groups is 1. The normalized spacial score (nSPS) is 11.9. The summed E-state index contributed by atoms with van der Waals surface area (Å²) in [4.78, 5) is 8.78. The van der Waals surface area contributed by atoms with Crippen molar-refractivity contribution in [2.45, 2.75) is 12.1 Å². The Bertz CT molecular complexity index is 619. The summed E-state index contributed by atoms with van der Waals surface area (Å²) in [5.74, 6) is 0.561. The lowest BCUT2D eigenvalue weighted by molar-refractivity contribution is 0.589. The summed E-state index contributed by atoms with van der Waals surface area (Å²) in [6.45, 7) is 1.58. The summed E-state index contributed by atoms with van der Waals surface area (Å²) in [5, 5.41) is 5.49. The monoisotopic (exact) mass is 257 g/mol. The molecule has 7 heteroatoms. The first-order valence-corrected chi connectivity index (χ1v) is 7.27. The third-order valence-corrected chi connectivity index (χ3v) is 4.51. The molecule has 0 aliphatic carbocycles. The summed E-state index contributed by atoms with van der Waals surface area (Å²) in [5.41, 5.74) is 0. The largest absolute Gasteiger partial charge is 0.372 e. The van der Waals surface area contributed by atoms with Crippen molar-refractivity contribution in [3.05, 3.63) is 11.4 Å². The van der Waals surface area contributed by atoms with Gasteiger partial charge in [0, 0.05) is 7.05 Å². The maximum atomic E-state index is 11.7. The van der Waals surface area contributed by atoms with Crippen molar-refractivity contribution >= 4 is 37.2 Å². The zero-order chi connectivity index (χ0) is 11.8. The van der Waals surface area contributed by atoms with Crippen LogP contribution in [0.5, 0.6) is 0 Å². The summed E-state index contributed by atoms with van der Waals surface area (Å²) in [6, 6.07) is 1.87. The van der Waals surface area contributed by atoms with Crippen LogP contribution in [-0.4, -0.2) is 31.2 Å². The fourth-order valence-electron chi connectivity index (χ4n) is 1.29. The number of anilines is 1. The number of nitrogens with zero attached hydrogens (tertiary/aromatic N) is 2. The van der Waals surface area contributed by atoms with Crippen LogP contribution < -0.4 is 5.32 Å². The molecule has 0 saturated carbocycles. The van der Waals surface area contributed by atoms with Gasteiger partial charge < -0.3 is 5.32 Å². The Hall–Kier alpha value is -1.21. The second-order valence-corrected chi connectivity index (χ2v) is 6.21.